The summed E-state index contributed by atoms with van der Waals surface area (Å²) in [5.74, 6) is 0.565. The first kappa shape index (κ1) is 15.4. The van der Waals surface area contributed by atoms with E-state index in [4.69, 9.17) is 4.74 Å². The lowest BCUT2D eigenvalue weighted by molar-refractivity contribution is 0.102. The van der Waals surface area contributed by atoms with Gasteiger partial charge in [0.15, 0.2) is 5.78 Å². The number of carbonyl (C=O) groups is 1. The van der Waals surface area contributed by atoms with Crippen molar-refractivity contribution in [3.63, 3.8) is 0 Å². The standard InChI is InChI=1S/C17H18O3S/c1-12-4-5-13(2)17(10-12)21(19)11-16(18)14-6-8-15(20-3)9-7-14/h4-10H,11H2,1-3H3. The van der Waals surface area contributed by atoms with E-state index in [0.29, 0.717) is 11.3 Å². The van der Waals surface area contributed by atoms with Crippen LogP contribution in [0, 0.1) is 13.8 Å². The summed E-state index contributed by atoms with van der Waals surface area (Å²) in [6.07, 6.45) is 0. The molecule has 1 atom stereocenters. The molecule has 2 rings (SSSR count). The monoisotopic (exact) mass is 302 g/mol. The van der Waals surface area contributed by atoms with Gasteiger partial charge < -0.3 is 4.74 Å². The molecule has 0 spiro atoms. The number of aryl methyl sites for hydroxylation is 2. The first-order valence-electron chi connectivity index (χ1n) is 6.64. The summed E-state index contributed by atoms with van der Waals surface area (Å²) < 4.78 is 17.4. The van der Waals surface area contributed by atoms with Crippen molar-refractivity contribution in [1.29, 1.82) is 0 Å². The maximum Gasteiger partial charge on any atom is 0.175 e. The van der Waals surface area contributed by atoms with Gasteiger partial charge in [0.05, 0.1) is 23.7 Å². The van der Waals surface area contributed by atoms with Crippen molar-refractivity contribution in [3.8, 4) is 5.75 Å². The molecule has 2 aromatic rings. The second-order valence-corrected chi connectivity index (χ2v) is 6.33. The van der Waals surface area contributed by atoms with Gasteiger partial charge in [0.1, 0.15) is 5.75 Å². The smallest absolute Gasteiger partial charge is 0.175 e. The molecule has 110 valence electrons. The minimum atomic E-state index is -1.32. The molecule has 0 bridgehead atoms. The molecule has 0 aromatic heterocycles. The van der Waals surface area contributed by atoms with E-state index in [9.17, 15) is 9.00 Å². The van der Waals surface area contributed by atoms with Crippen molar-refractivity contribution in [2.75, 3.05) is 12.9 Å². The molecule has 3 nitrogen and oxygen atoms in total. The average Bonchev–Trinajstić information content (AvgIpc) is 2.49. The number of carbonyl (C=O) groups excluding carboxylic acids is 1. The zero-order valence-electron chi connectivity index (χ0n) is 12.4. The van der Waals surface area contributed by atoms with Gasteiger partial charge in [0.2, 0.25) is 0 Å². The number of Topliss-reactive ketones (excluding diaryl/α,β-unsaturated/α-hetero) is 1. The zero-order chi connectivity index (χ0) is 15.4. The third kappa shape index (κ3) is 3.79. The lowest BCUT2D eigenvalue weighted by atomic mass is 10.1. The van der Waals surface area contributed by atoms with Gasteiger partial charge in [-0.25, -0.2) is 0 Å². The van der Waals surface area contributed by atoms with Crippen molar-refractivity contribution in [3.05, 3.63) is 59.2 Å². The van der Waals surface area contributed by atoms with Crippen LogP contribution in [-0.2, 0) is 10.8 Å². The summed E-state index contributed by atoms with van der Waals surface area (Å²) in [6, 6.07) is 12.6. The highest BCUT2D eigenvalue weighted by molar-refractivity contribution is 7.85. The molecule has 1 unspecified atom stereocenters. The number of benzene rings is 2. The molecular formula is C17H18O3S. The Morgan fingerprint density at radius 2 is 1.76 bits per heavy atom. The largest absolute Gasteiger partial charge is 0.497 e. The number of hydrogen-bond acceptors (Lipinski definition) is 3. The first-order valence-corrected chi connectivity index (χ1v) is 7.96. The van der Waals surface area contributed by atoms with Crippen LogP contribution in [0.5, 0.6) is 5.75 Å². The molecule has 0 aliphatic carbocycles. The molecule has 0 radical (unpaired) electrons. The van der Waals surface area contributed by atoms with Crippen molar-refractivity contribution in [1.82, 2.24) is 0 Å². The van der Waals surface area contributed by atoms with Gasteiger partial charge in [0.25, 0.3) is 0 Å². The summed E-state index contributed by atoms with van der Waals surface area (Å²) in [5.41, 5.74) is 2.54. The Morgan fingerprint density at radius 3 is 2.38 bits per heavy atom. The van der Waals surface area contributed by atoms with E-state index in [1.165, 1.54) is 0 Å². The third-order valence-corrected chi connectivity index (χ3v) is 4.72. The van der Waals surface area contributed by atoms with Crippen LogP contribution in [0.25, 0.3) is 0 Å². The molecule has 0 aliphatic heterocycles. The van der Waals surface area contributed by atoms with Gasteiger partial charge in [-0.15, -0.1) is 0 Å². The molecule has 0 fully saturated rings. The van der Waals surface area contributed by atoms with Gasteiger partial charge in [-0.2, -0.15) is 0 Å². The topological polar surface area (TPSA) is 43.4 Å². The number of ketones is 1. The lowest BCUT2D eigenvalue weighted by Crippen LogP contribution is -2.12. The maximum atomic E-state index is 12.4. The SMILES string of the molecule is COc1ccc(C(=O)CS(=O)c2cc(C)ccc2C)cc1. The van der Waals surface area contributed by atoms with Crippen LogP contribution >= 0.6 is 0 Å². The van der Waals surface area contributed by atoms with E-state index in [1.807, 2.05) is 32.0 Å². The summed E-state index contributed by atoms with van der Waals surface area (Å²) in [7, 11) is 0.252. The van der Waals surface area contributed by atoms with Crippen molar-refractivity contribution < 1.29 is 13.7 Å². The quantitative estimate of drug-likeness (QED) is 0.796. The second kappa shape index (κ2) is 6.68. The lowest BCUT2D eigenvalue weighted by Gasteiger charge is -2.07. The predicted octanol–water partition coefficient (Wildman–Crippen LogP) is 3.30. The fourth-order valence-electron chi connectivity index (χ4n) is 2.01. The van der Waals surface area contributed by atoms with E-state index in [1.54, 1.807) is 31.4 Å². The normalized spacial score (nSPS) is 12.0. The average molecular weight is 302 g/mol. The summed E-state index contributed by atoms with van der Waals surface area (Å²) >= 11 is 0. The molecule has 0 heterocycles. The van der Waals surface area contributed by atoms with Gasteiger partial charge in [-0.05, 0) is 55.3 Å². The van der Waals surface area contributed by atoms with Crippen LogP contribution in [0.4, 0.5) is 0 Å². The zero-order valence-corrected chi connectivity index (χ0v) is 13.2. The fraction of sp³-hybridized carbons (Fsp3) is 0.235. The Kier molecular flexibility index (Phi) is 4.91. The van der Waals surface area contributed by atoms with E-state index in [2.05, 4.69) is 0 Å². The van der Waals surface area contributed by atoms with Crippen LogP contribution in [0.1, 0.15) is 21.5 Å². The molecule has 2 aromatic carbocycles. The van der Waals surface area contributed by atoms with Crippen molar-refractivity contribution >= 4 is 16.6 Å². The van der Waals surface area contributed by atoms with Crippen LogP contribution in [0.3, 0.4) is 0 Å². The second-order valence-electron chi connectivity index (χ2n) is 4.91. The molecule has 4 heteroatoms. The number of rotatable bonds is 5. The molecule has 0 aliphatic rings. The Bertz CT molecular complexity index is 675. The predicted molar refractivity (Wildman–Crippen MR) is 84.5 cm³/mol. The number of hydrogen-bond donors (Lipinski definition) is 0. The van der Waals surface area contributed by atoms with Crippen LogP contribution in [0.2, 0.25) is 0 Å². The Hall–Kier alpha value is -1.94. The Balaban J connectivity index is 2.14. The van der Waals surface area contributed by atoms with Gasteiger partial charge in [-0.3, -0.25) is 9.00 Å². The van der Waals surface area contributed by atoms with E-state index >= 15 is 0 Å². The summed E-state index contributed by atoms with van der Waals surface area (Å²) in [5, 5.41) is 0. The molecule has 0 saturated heterocycles. The molecule has 0 saturated carbocycles. The van der Waals surface area contributed by atoms with Crippen molar-refractivity contribution in [2.45, 2.75) is 18.7 Å². The van der Waals surface area contributed by atoms with E-state index in [-0.39, 0.29) is 11.5 Å². The Labute approximate surface area is 127 Å². The van der Waals surface area contributed by atoms with Gasteiger partial charge in [-0.1, -0.05) is 12.1 Å². The fourth-order valence-corrected chi connectivity index (χ4v) is 3.31. The highest BCUT2D eigenvalue weighted by Gasteiger charge is 2.14. The van der Waals surface area contributed by atoms with Crippen LogP contribution in [-0.4, -0.2) is 22.9 Å². The molecular weight excluding hydrogens is 284 g/mol. The summed E-state index contributed by atoms with van der Waals surface area (Å²) in [4.78, 5) is 12.9. The first-order chi connectivity index (χ1) is 10.0. The minimum absolute atomic E-state index is 0.00335. The van der Waals surface area contributed by atoms with Crippen LogP contribution < -0.4 is 4.74 Å². The third-order valence-electron chi connectivity index (χ3n) is 3.26. The van der Waals surface area contributed by atoms with E-state index in [0.717, 1.165) is 16.0 Å². The number of methoxy groups -OCH3 is 1. The molecule has 0 N–H and O–H groups in total. The minimum Gasteiger partial charge on any atom is -0.497 e. The number of ether oxygens (including phenoxy) is 1. The summed E-state index contributed by atoms with van der Waals surface area (Å²) in [6.45, 7) is 3.86. The van der Waals surface area contributed by atoms with E-state index < -0.39 is 10.8 Å². The highest BCUT2D eigenvalue weighted by atomic mass is 32.2. The van der Waals surface area contributed by atoms with Crippen LogP contribution in [0.15, 0.2) is 47.4 Å². The molecule has 0 amide bonds. The Morgan fingerprint density at radius 1 is 1.10 bits per heavy atom. The maximum absolute atomic E-state index is 12.4. The van der Waals surface area contributed by atoms with Crippen molar-refractivity contribution in [2.24, 2.45) is 0 Å². The highest BCUT2D eigenvalue weighted by Crippen LogP contribution is 2.17. The van der Waals surface area contributed by atoms with Gasteiger partial charge >= 0.3 is 0 Å². The van der Waals surface area contributed by atoms with Gasteiger partial charge in [0, 0.05) is 10.5 Å². The molecule has 21 heavy (non-hydrogen) atoms.